The van der Waals surface area contributed by atoms with Crippen molar-refractivity contribution in [1.82, 2.24) is 14.5 Å². The van der Waals surface area contributed by atoms with Crippen LogP contribution in [0.1, 0.15) is 37.4 Å². The summed E-state index contributed by atoms with van der Waals surface area (Å²) in [6.45, 7) is 0.421. The van der Waals surface area contributed by atoms with Crippen molar-refractivity contribution in [1.29, 1.82) is 0 Å². The van der Waals surface area contributed by atoms with E-state index in [4.69, 9.17) is 16.2 Å². The molecular weight excluding hydrogens is 374 g/mol. The number of para-hydroxylation sites is 1. The van der Waals surface area contributed by atoms with Crippen LogP contribution in [0.15, 0.2) is 60.9 Å². The first-order valence-electron chi connectivity index (χ1n) is 10.4. The van der Waals surface area contributed by atoms with Gasteiger partial charge in [-0.3, -0.25) is 0 Å². The van der Waals surface area contributed by atoms with Gasteiger partial charge < -0.3 is 20.8 Å². The molecule has 1 fully saturated rings. The molecule has 30 heavy (non-hydrogen) atoms. The lowest BCUT2D eigenvalue weighted by atomic mass is 10.0. The van der Waals surface area contributed by atoms with Crippen LogP contribution in [-0.2, 0) is 6.54 Å². The van der Waals surface area contributed by atoms with Crippen LogP contribution in [-0.4, -0.2) is 14.5 Å². The van der Waals surface area contributed by atoms with E-state index < -0.39 is 0 Å². The number of nitrogen functional groups attached to an aromatic ring is 1. The predicted molar refractivity (Wildman–Crippen MR) is 119 cm³/mol. The summed E-state index contributed by atoms with van der Waals surface area (Å²) in [4.78, 5) is 8.88. The zero-order valence-corrected chi connectivity index (χ0v) is 16.8. The largest absolute Gasteiger partial charge is 0.457 e. The Balaban J connectivity index is 1.61. The molecule has 0 aliphatic heterocycles. The lowest BCUT2D eigenvalue weighted by molar-refractivity contribution is 0.483. The van der Waals surface area contributed by atoms with Crippen molar-refractivity contribution >= 4 is 16.9 Å². The number of ether oxygens (including phenoxy) is 1. The first kappa shape index (κ1) is 18.6. The maximum Gasteiger partial charge on any atom is 0.146 e. The van der Waals surface area contributed by atoms with Crippen molar-refractivity contribution in [2.75, 3.05) is 5.73 Å². The predicted octanol–water partition coefficient (Wildman–Crippen LogP) is 5.05. The molecule has 1 aliphatic carbocycles. The molecule has 4 N–H and O–H groups in total. The van der Waals surface area contributed by atoms with Gasteiger partial charge in [0, 0.05) is 23.8 Å². The highest BCUT2D eigenvalue weighted by atomic mass is 16.5. The highest BCUT2D eigenvalue weighted by Gasteiger charge is 2.27. The Morgan fingerprint density at radius 1 is 0.933 bits per heavy atom. The molecule has 6 nitrogen and oxygen atoms in total. The van der Waals surface area contributed by atoms with Gasteiger partial charge in [-0.25, -0.2) is 9.97 Å². The molecule has 0 spiro atoms. The van der Waals surface area contributed by atoms with Crippen LogP contribution >= 0.6 is 0 Å². The van der Waals surface area contributed by atoms with Crippen LogP contribution in [0.4, 0.5) is 5.82 Å². The summed E-state index contributed by atoms with van der Waals surface area (Å²) in [5.41, 5.74) is 16.6. The van der Waals surface area contributed by atoms with Crippen molar-refractivity contribution in [3.8, 4) is 22.6 Å². The number of hydrogen-bond donors (Lipinski definition) is 2. The van der Waals surface area contributed by atoms with E-state index in [9.17, 15) is 0 Å². The van der Waals surface area contributed by atoms with Crippen LogP contribution in [0.2, 0.25) is 0 Å². The quantitative estimate of drug-likeness (QED) is 0.490. The Hall–Kier alpha value is -3.38. The van der Waals surface area contributed by atoms with Crippen LogP contribution in [0, 0.1) is 0 Å². The van der Waals surface area contributed by atoms with Crippen molar-refractivity contribution in [2.45, 2.75) is 38.3 Å². The second-order valence-corrected chi connectivity index (χ2v) is 7.73. The molecule has 6 heteroatoms. The number of aromatic nitrogens is 3. The first-order valence-corrected chi connectivity index (χ1v) is 10.4. The third-order valence-electron chi connectivity index (χ3n) is 5.92. The smallest absolute Gasteiger partial charge is 0.146 e. The molecule has 152 valence electrons. The van der Waals surface area contributed by atoms with Gasteiger partial charge in [0.25, 0.3) is 0 Å². The van der Waals surface area contributed by atoms with Gasteiger partial charge in [0.2, 0.25) is 0 Å². The third-order valence-corrected chi connectivity index (χ3v) is 5.92. The topological polar surface area (TPSA) is 92.0 Å². The Morgan fingerprint density at radius 3 is 2.33 bits per heavy atom. The molecule has 2 aromatic heterocycles. The highest BCUT2D eigenvalue weighted by Crippen LogP contribution is 2.42. The molecule has 0 unspecified atom stereocenters. The van der Waals surface area contributed by atoms with Gasteiger partial charge >= 0.3 is 0 Å². The number of nitrogens with two attached hydrogens (primary N) is 2. The van der Waals surface area contributed by atoms with E-state index in [1.807, 2.05) is 42.5 Å². The molecule has 0 saturated heterocycles. The summed E-state index contributed by atoms with van der Waals surface area (Å²) in [5, 5.41) is 0.890. The monoisotopic (exact) mass is 399 g/mol. The number of hydrogen-bond acceptors (Lipinski definition) is 5. The SMILES string of the molecule is NCc1c(-c2ccc(Oc3ccccc3)cc2)c2c(N)ncnc2n1C1CCCC1. The van der Waals surface area contributed by atoms with Gasteiger partial charge in [-0.05, 0) is 42.7 Å². The summed E-state index contributed by atoms with van der Waals surface area (Å²) in [6.07, 6.45) is 6.30. The van der Waals surface area contributed by atoms with Crippen molar-refractivity contribution in [3.63, 3.8) is 0 Å². The van der Waals surface area contributed by atoms with Gasteiger partial charge in [0.1, 0.15) is 29.3 Å². The second kappa shape index (κ2) is 7.80. The zero-order valence-electron chi connectivity index (χ0n) is 16.8. The maximum atomic E-state index is 6.33. The Labute approximate surface area is 175 Å². The van der Waals surface area contributed by atoms with Crippen LogP contribution in [0.5, 0.6) is 11.5 Å². The Bertz CT molecular complexity index is 1160. The van der Waals surface area contributed by atoms with Crippen molar-refractivity contribution in [2.24, 2.45) is 5.73 Å². The van der Waals surface area contributed by atoms with Gasteiger partial charge in [0.15, 0.2) is 0 Å². The minimum atomic E-state index is 0.412. The maximum absolute atomic E-state index is 6.33. The number of fused-ring (bicyclic) bond motifs is 1. The fourth-order valence-electron chi connectivity index (χ4n) is 4.59. The van der Waals surface area contributed by atoms with Gasteiger partial charge in [-0.15, -0.1) is 0 Å². The third kappa shape index (κ3) is 3.19. The van der Waals surface area contributed by atoms with E-state index in [1.165, 1.54) is 12.8 Å². The average Bonchev–Trinajstić information content (AvgIpc) is 3.41. The summed E-state index contributed by atoms with van der Waals surface area (Å²) < 4.78 is 8.25. The molecule has 1 aliphatic rings. The summed E-state index contributed by atoms with van der Waals surface area (Å²) >= 11 is 0. The molecule has 2 heterocycles. The van der Waals surface area contributed by atoms with Crippen molar-refractivity contribution in [3.05, 3.63) is 66.6 Å². The van der Waals surface area contributed by atoms with E-state index in [-0.39, 0.29) is 0 Å². The fourth-order valence-corrected chi connectivity index (χ4v) is 4.59. The molecule has 2 aromatic carbocycles. The average molecular weight is 399 g/mol. The molecule has 4 aromatic rings. The van der Waals surface area contributed by atoms with Gasteiger partial charge in [0.05, 0.1) is 5.39 Å². The normalized spacial score (nSPS) is 14.4. The molecule has 5 rings (SSSR count). The molecule has 0 bridgehead atoms. The molecular formula is C24H25N5O. The fraction of sp³-hybridized carbons (Fsp3) is 0.250. The van der Waals surface area contributed by atoms with E-state index in [1.54, 1.807) is 6.33 Å². The van der Waals surface area contributed by atoms with Crippen LogP contribution < -0.4 is 16.2 Å². The minimum absolute atomic E-state index is 0.412. The number of rotatable bonds is 5. The minimum Gasteiger partial charge on any atom is -0.457 e. The summed E-state index contributed by atoms with van der Waals surface area (Å²) in [7, 11) is 0. The second-order valence-electron chi connectivity index (χ2n) is 7.73. The Morgan fingerprint density at radius 2 is 1.63 bits per heavy atom. The van der Waals surface area contributed by atoms with Gasteiger partial charge in [-0.1, -0.05) is 43.2 Å². The molecule has 0 amide bonds. The van der Waals surface area contributed by atoms with E-state index in [2.05, 4.69) is 26.7 Å². The standard InChI is InChI=1S/C24H25N5O/c25-14-20-21(16-10-12-19(13-11-16)30-18-8-2-1-3-9-18)22-23(26)27-15-28-24(22)29(20)17-6-4-5-7-17/h1-3,8-13,15,17H,4-7,14,25H2,(H2,26,27,28). The molecule has 1 saturated carbocycles. The molecule has 0 atom stereocenters. The van der Waals surface area contributed by atoms with Crippen LogP contribution in [0.25, 0.3) is 22.2 Å². The zero-order chi connectivity index (χ0) is 20.5. The van der Waals surface area contributed by atoms with E-state index in [0.29, 0.717) is 18.4 Å². The first-order chi connectivity index (χ1) is 14.8. The van der Waals surface area contributed by atoms with E-state index in [0.717, 1.165) is 52.2 Å². The molecule has 0 radical (unpaired) electrons. The van der Waals surface area contributed by atoms with Crippen molar-refractivity contribution < 1.29 is 4.74 Å². The number of anilines is 1. The van der Waals surface area contributed by atoms with Gasteiger partial charge in [-0.2, -0.15) is 0 Å². The number of nitrogens with zero attached hydrogens (tertiary/aromatic N) is 3. The lowest BCUT2D eigenvalue weighted by Gasteiger charge is -2.17. The number of benzene rings is 2. The van der Waals surface area contributed by atoms with E-state index >= 15 is 0 Å². The summed E-state index contributed by atoms with van der Waals surface area (Å²) in [6, 6.07) is 18.2. The lowest BCUT2D eigenvalue weighted by Crippen LogP contribution is -2.13. The highest BCUT2D eigenvalue weighted by molar-refractivity contribution is 6.02. The van der Waals surface area contributed by atoms with Crippen LogP contribution in [0.3, 0.4) is 0 Å². The summed E-state index contributed by atoms with van der Waals surface area (Å²) in [5.74, 6) is 2.08. The Kier molecular flexibility index (Phi) is 4.85.